The van der Waals surface area contributed by atoms with E-state index in [1.807, 2.05) is 30.3 Å². The van der Waals surface area contributed by atoms with Gasteiger partial charge in [-0.25, -0.2) is 0 Å². The summed E-state index contributed by atoms with van der Waals surface area (Å²) in [7, 11) is 1.68. The van der Waals surface area contributed by atoms with E-state index in [0.717, 1.165) is 5.56 Å². The van der Waals surface area contributed by atoms with Gasteiger partial charge in [0, 0.05) is 30.4 Å². The average Bonchev–Trinajstić information content (AvgIpc) is 3.29. The predicted octanol–water partition coefficient (Wildman–Crippen LogP) is 2.57. The number of hydrogen-bond acceptors (Lipinski definition) is 4. The van der Waals surface area contributed by atoms with Crippen LogP contribution in [0.25, 0.3) is 0 Å². The molecule has 3 aliphatic rings. The molecule has 0 unspecified atom stereocenters. The Morgan fingerprint density at radius 3 is 2.71 bits per heavy atom. The van der Waals surface area contributed by atoms with E-state index in [9.17, 15) is 0 Å². The number of rotatable bonds is 3. The van der Waals surface area contributed by atoms with Crippen LogP contribution in [0, 0.1) is 17.8 Å². The standard InChI is InChI=1S/C16H19ClO4/c1-18-16-13-10(7-17)12(13)14-11(20-16)8-19-15(21-14)9-5-3-2-4-6-9/h2-6,10-16H,7-8H2,1H3/t10-,11-,12-,13+,14-,15+,16+/m1/s1. The van der Waals surface area contributed by atoms with E-state index < -0.39 is 0 Å². The fraction of sp³-hybridized carbons (Fsp3) is 0.625. The third-order valence-electron chi connectivity index (χ3n) is 4.84. The highest BCUT2D eigenvalue weighted by Crippen LogP contribution is 2.58. The van der Waals surface area contributed by atoms with Crippen molar-refractivity contribution in [1.82, 2.24) is 0 Å². The molecular formula is C16H19ClO4. The summed E-state index contributed by atoms with van der Waals surface area (Å²) in [6.07, 6.45) is -0.513. The Morgan fingerprint density at radius 1 is 1.19 bits per heavy atom. The highest BCUT2D eigenvalue weighted by Gasteiger charge is 2.65. The third kappa shape index (κ3) is 2.30. The molecule has 1 aromatic carbocycles. The van der Waals surface area contributed by atoms with Gasteiger partial charge < -0.3 is 18.9 Å². The largest absolute Gasteiger partial charge is 0.356 e. The fourth-order valence-corrected chi connectivity index (χ4v) is 4.15. The number of methoxy groups -OCH3 is 1. The minimum Gasteiger partial charge on any atom is -0.356 e. The van der Waals surface area contributed by atoms with Crippen LogP contribution in [0.2, 0.25) is 0 Å². The number of ether oxygens (including phenoxy) is 4. The van der Waals surface area contributed by atoms with Crippen LogP contribution in [0.5, 0.6) is 0 Å². The Hall–Kier alpha value is -0.650. The molecule has 0 radical (unpaired) electrons. The Bertz CT molecular complexity index is 496. The third-order valence-corrected chi connectivity index (χ3v) is 5.19. The van der Waals surface area contributed by atoms with Gasteiger partial charge in [-0.15, -0.1) is 11.6 Å². The molecule has 21 heavy (non-hydrogen) atoms. The summed E-state index contributed by atoms with van der Waals surface area (Å²) in [5.74, 6) is 1.81. The molecule has 0 N–H and O–H groups in total. The summed E-state index contributed by atoms with van der Waals surface area (Å²) in [6, 6.07) is 10.0. The Balaban J connectivity index is 1.52. The monoisotopic (exact) mass is 310 g/mol. The smallest absolute Gasteiger partial charge is 0.184 e. The van der Waals surface area contributed by atoms with E-state index in [4.69, 9.17) is 30.5 Å². The van der Waals surface area contributed by atoms with Crippen LogP contribution in [-0.4, -0.2) is 38.1 Å². The zero-order valence-corrected chi connectivity index (χ0v) is 12.6. The lowest BCUT2D eigenvalue weighted by Crippen LogP contribution is -2.49. The van der Waals surface area contributed by atoms with E-state index >= 15 is 0 Å². The molecule has 1 aliphatic carbocycles. The molecule has 0 bridgehead atoms. The number of alkyl halides is 1. The van der Waals surface area contributed by atoms with Crippen LogP contribution < -0.4 is 0 Å². The van der Waals surface area contributed by atoms with Crippen molar-refractivity contribution in [2.24, 2.45) is 17.8 Å². The van der Waals surface area contributed by atoms with Crippen molar-refractivity contribution in [2.45, 2.75) is 24.8 Å². The van der Waals surface area contributed by atoms with E-state index in [1.165, 1.54) is 0 Å². The van der Waals surface area contributed by atoms with Gasteiger partial charge in [0.05, 0.1) is 12.7 Å². The second-order valence-electron chi connectivity index (χ2n) is 5.93. The molecule has 3 fully saturated rings. The molecule has 2 heterocycles. The van der Waals surface area contributed by atoms with Gasteiger partial charge in [0.1, 0.15) is 6.10 Å². The van der Waals surface area contributed by atoms with Crippen molar-refractivity contribution < 1.29 is 18.9 Å². The molecule has 0 amide bonds. The van der Waals surface area contributed by atoms with Crippen LogP contribution in [0.15, 0.2) is 30.3 Å². The molecule has 1 aromatic rings. The lowest BCUT2D eigenvalue weighted by atomic mass is 10.0. The summed E-state index contributed by atoms with van der Waals surface area (Å²) in [6.45, 7) is 0.530. The number of halogens is 1. The van der Waals surface area contributed by atoms with Gasteiger partial charge in [-0.1, -0.05) is 30.3 Å². The molecule has 4 nitrogen and oxygen atoms in total. The maximum Gasteiger partial charge on any atom is 0.184 e. The van der Waals surface area contributed by atoms with Gasteiger partial charge in [-0.05, 0) is 5.92 Å². The van der Waals surface area contributed by atoms with Crippen molar-refractivity contribution in [1.29, 1.82) is 0 Å². The summed E-state index contributed by atoms with van der Waals surface area (Å²) >= 11 is 6.08. The van der Waals surface area contributed by atoms with Crippen molar-refractivity contribution in [2.75, 3.05) is 19.6 Å². The van der Waals surface area contributed by atoms with Crippen LogP contribution in [0.1, 0.15) is 11.9 Å². The number of fused-ring (bicyclic) bond motifs is 3. The van der Waals surface area contributed by atoms with E-state index in [2.05, 4.69) is 0 Å². The summed E-state index contributed by atoms with van der Waals surface area (Å²) in [5.41, 5.74) is 1.05. The topological polar surface area (TPSA) is 36.9 Å². The first-order valence-corrected chi connectivity index (χ1v) is 7.93. The molecule has 2 aliphatic heterocycles. The maximum atomic E-state index is 6.19. The molecule has 0 spiro atoms. The molecule has 114 valence electrons. The second kappa shape index (κ2) is 5.52. The van der Waals surface area contributed by atoms with Gasteiger partial charge in [0.15, 0.2) is 12.6 Å². The van der Waals surface area contributed by atoms with Gasteiger partial charge in [-0.2, -0.15) is 0 Å². The zero-order valence-electron chi connectivity index (χ0n) is 11.9. The molecule has 4 rings (SSSR count). The highest BCUT2D eigenvalue weighted by molar-refractivity contribution is 6.18. The number of benzene rings is 1. The first kappa shape index (κ1) is 14.0. The van der Waals surface area contributed by atoms with Crippen LogP contribution >= 0.6 is 11.6 Å². The van der Waals surface area contributed by atoms with E-state index in [-0.39, 0.29) is 24.8 Å². The Labute approximate surface area is 129 Å². The van der Waals surface area contributed by atoms with Gasteiger partial charge in [0.2, 0.25) is 0 Å². The van der Waals surface area contributed by atoms with E-state index in [1.54, 1.807) is 7.11 Å². The summed E-state index contributed by atoms with van der Waals surface area (Å²) < 4.78 is 23.4. The quantitative estimate of drug-likeness (QED) is 0.804. The fourth-order valence-electron chi connectivity index (χ4n) is 3.74. The van der Waals surface area contributed by atoms with Crippen molar-refractivity contribution in [3.63, 3.8) is 0 Å². The highest BCUT2D eigenvalue weighted by atomic mass is 35.5. The normalized spacial score (nSPS) is 44.8. The minimum absolute atomic E-state index is 0.0455. The average molecular weight is 311 g/mol. The van der Waals surface area contributed by atoms with Gasteiger partial charge >= 0.3 is 0 Å². The van der Waals surface area contributed by atoms with E-state index in [0.29, 0.717) is 30.2 Å². The molecule has 7 atom stereocenters. The van der Waals surface area contributed by atoms with Crippen LogP contribution in [0.3, 0.4) is 0 Å². The first-order valence-electron chi connectivity index (χ1n) is 7.39. The predicted molar refractivity (Wildman–Crippen MR) is 76.9 cm³/mol. The van der Waals surface area contributed by atoms with Crippen molar-refractivity contribution in [3.05, 3.63) is 35.9 Å². The Kier molecular flexibility index (Phi) is 3.67. The Morgan fingerprint density at radius 2 is 2.00 bits per heavy atom. The van der Waals surface area contributed by atoms with Crippen molar-refractivity contribution >= 4 is 11.6 Å². The van der Waals surface area contributed by atoms with Crippen LogP contribution in [0.4, 0.5) is 0 Å². The first-order chi connectivity index (χ1) is 10.3. The number of hydrogen-bond donors (Lipinski definition) is 0. The van der Waals surface area contributed by atoms with Crippen molar-refractivity contribution in [3.8, 4) is 0 Å². The molecular weight excluding hydrogens is 292 g/mol. The molecule has 2 saturated heterocycles. The van der Waals surface area contributed by atoms with Gasteiger partial charge in [-0.3, -0.25) is 0 Å². The van der Waals surface area contributed by atoms with Gasteiger partial charge in [0.25, 0.3) is 0 Å². The summed E-state index contributed by atoms with van der Waals surface area (Å²) in [4.78, 5) is 0. The lowest BCUT2D eigenvalue weighted by Gasteiger charge is -2.41. The summed E-state index contributed by atoms with van der Waals surface area (Å²) in [5, 5.41) is 0. The molecule has 1 saturated carbocycles. The van der Waals surface area contributed by atoms with Crippen LogP contribution in [-0.2, 0) is 18.9 Å². The maximum absolute atomic E-state index is 6.19. The minimum atomic E-state index is -0.313. The second-order valence-corrected chi connectivity index (χ2v) is 6.24. The molecule has 0 aromatic heterocycles. The molecule has 5 heteroatoms. The zero-order chi connectivity index (χ0) is 14.4. The SMILES string of the molecule is CO[C@H]1O[C@@H]2CO[C@H](c3ccccc3)O[C@H]2[C@@H]2[C@@H](CCl)[C@H]12. The lowest BCUT2D eigenvalue weighted by molar-refractivity contribution is -0.316.